The first-order valence-corrected chi connectivity index (χ1v) is 11.4. The number of nitrogens with zero attached hydrogens (tertiary/aromatic N) is 1. The Balaban J connectivity index is 2.00. The molecule has 8 nitrogen and oxygen atoms in total. The van der Waals surface area contributed by atoms with E-state index in [0.29, 0.717) is 40.0 Å². The van der Waals surface area contributed by atoms with Gasteiger partial charge in [0.25, 0.3) is 5.91 Å². The number of carbonyl (C=O) groups is 3. The Labute approximate surface area is 198 Å². The second-order valence-electron chi connectivity index (χ2n) is 8.50. The predicted octanol–water partition coefficient (Wildman–Crippen LogP) is 4.26. The highest BCUT2D eigenvalue weighted by atomic mass is 32.1. The van der Waals surface area contributed by atoms with Crippen LogP contribution in [0.4, 0.5) is 5.00 Å². The summed E-state index contributed by atoms with van der Waals surface area (Å²) in [6.07, 6.45) is 0. The van der Waals surface area contributed by atoms with Gasteiger partial charge in [0.05, 0.1) is 19.2 Å². The molecule has 0 saturated carbocycles. The van der Waals surface area contributed by atoms with Gasteiger partial charge >= 0.3 is 5.97 Å². The Morgan fingerprint density at radius 2 is 1.73 bits per heavy atom. The second-order valence-corrected chi connectivity index (χ2v) is 9.55. The number of aryl methyl sites for hydroxylation is 1. The van der Waals surface area contributed by atoms with Crippen LogP contribution in [0.25, 0.3) is 0 Å². The van der Waals surface area contributed by atoms with Crippen LogP contribution in [0.15, 0.2) is 24.3 Å². The van der Waals surface area contributed by atoms with Crippen LogP contribution in [0, 0.1) is 12.3 Å². The molecule has 0 aliphatic rings. The van der Waals surface area contributed by atoms with Gasteiger partial charge in [-0.1, -0.05) is 26.8 Å². The molecule has 0 unspecified atom stereocenters. The summed E-state index contributed by atoms with van der Waals surface area (Å²) in [4.78, 5) is 39.4. The van der Waals surface area contributed by atoms with Crippen LogP contribution in [0.1, 0.15) is 48.5 Å². The molecular formula is C24H32N2O6S. The zero-order valence-corrected chi connectivity index (χ0v) is 21.1. The molecule has 33 heavy (non-hydrogen) atoms. The Morgan fingerprint density at radius 1 is 1.06 bits per heavy atom. The van der Waals surface area contributed by atoms with Crippen molar-refractivity contribution in [1.82, 2.24) is 4.90 Å². The molecule has 0 aliphatic heterocycles. The molecule has 0 spiro atoms. The van der Waals surface area contributed by atoms with Crippen LogP contribution in [0.2, 0.25) is 0 Å². The van der Waals surface area contributed by atoms with Crippen LogP contribution >= 0.6 is 11.3 Å². The maximum absolute atomic E-state index is 12.7. The average Bonchev–Trinajstić information content (AvgIpc) is 3.14. The maximum Gasteiger partial charge on any atom is 0.349 e. The molecule has 9 heteroatoms. The van der Waals surface area contributed by atoms with Gasteiger partial charge in [0.2, 0.25) is 5.91 Å². The molecule has 2 aromatic rings. The molecule has 2 amide bonds. The fourth-order valence-corrected chi connectivity index (χ4v) is 3.87. The molecule has 180 valence electrons. The van der Waals surface area contributed by atoms with Gasteiger partial charge in [0.15, 0.2) is 18.1 Å². The molecular weight excluding hydrogens is 444 g/mol. The lowest BCUT2D eigenvalue weighted by Crippen LogP contribution is -2.34. The number of benzene rings is 1. The third-order valence-electron chi connectivity index (χ3n) is 4.90. The number of nitrogens with one attached hydrogen (secondary N) is 1. The molecule has 0 radical (unpaired) electrons. The minimum absolute atomic E-state index is 0.146. The molecule has 1 aromatic heterocycles. The Kier molecular flexibility index (Phi) is 8.87. The Hall–Kier alpha value is -3.07. The van der Waals surface area contributed by atoms with Gasteiger partial charge < -0.3 is 24.4 Å². The molecule has 2 rings (SSSR count). The molecule has 0 atom stereocenters. The van der Waals surface area contributed by atoms with E-state index >= 15 is 0 Å². The maximum atomic E-state index is 12.7. The van der Waals surface area contributed by atoms with Gasteiger partial charge in [-0.2, -0.15) is 0 Å². The summed E-state index contributed by atoms with van der Waals surface area (Å²) < 4.78 is 15.8. The van der Waals surface area contributed by atoms with E-state index in [4.69, 9.17) is 14.2 Å². The van der Waals surface area contributed by atoms with Crippen LogP contribution in [-0.2, 0) is 20.9 Å². The number of hydrogen-bond donors (Lipinski definition) is 1. The van der Waals surface area contributed by atoms with E-state index in [0.717, 1.165) is 16.9 Å². The van der Waals surface area contributed by atoms with Gasteiger partial charge in [-0.3, -0.25) is 9.59 Å². The fraction of sp³-hybridized carbons (Fsp3) is 0.458. The summed E-state index contributed by atoms with van der Waals surface area (Å²) in [5, 5.41) is 3.38. The SMILES string of the molecule is CCN(Cc1ccc(OC)c(OC)c1)C(=O)COC(=O)c1sc(NC(=O)C(C)(C)C)cc1C. The van der Waals surface area contributed by atoms with Crippen molar-refractivity contribution in [1.29, 1.82) is 0 Å². The van der Waals surface area contributed by atoms with Crippen LogP contribution in [0.3, 0.4) is 0 Å². The summed E-state index contributed by atoms with van der Waals surface area (Å²) in [6.45, 7) is 9.47. The molecule has 0 bridgehead atoms. The van der Waals surface area contributed by atoms with E-state index in [2.05, 4.69) is 5.32 Å². The zero-order chi connectivity index (χ0) is 24.8. The number of methoxy groups -OCH3 is 2. The Bertz CT molecular complexity index is 1010. The number of likely N-dealkylation sites (N-methyl/N-ethyl adjacent to an activating group) is 1. The molecule has 0 saturated heterocycles. The zero-order valence-electron chi connectivity index (χ0n) is 20.2. The van der Waals surface area contributed by atoms with Crippen LogP contribution in [0.5, 0.6) is 11.5 Å². The molecule has 0 fully saturated rings. The van der Waals surface area contributed by atoms with E-state index < -0.39 is 11.4 Å². The van der Waals surface area contributed by atoms with Crippen molar-refractivity contribution in [3.8, 4) is 11.5 Å². The van der Waals surface area contributed by atoms with E-state index in [1.807, 2.05) is 39.8 Å². The molecule has 1 heterocycles. The fourth-order valence-electron chi connectivity index (χ4n) is 2.91. The van der Waals surface area contributed by atoms with Gasteiger partial charge in [-0.05, 0) is 43.2 Å². The quantitative estimate of drug-likeness (QED) is 0.544. The first-order valence-electron chi connectivity index (χ1n) is 10.6. The highest BCUT2D eigenvalue weighted by Crippen LogP contribution is 2.30. The minimum Gasteiger partial charge on any atom is -0.493 e. The van der Waals surface area contributed by atoms with Crippen molar-refractivity contribution in [3.63, 3.8) is 0 Å². The van der Waals surface area contributed by atoms with Crippen molar-refractivity contribution in [2.24, 2.45) is 5.41 Å². The average molecular weight is 477 g/mol. The first kappa shape index (κ1) is 26.2. The number of rotatable bonds is 9. The third-order valence-corrected chi connectivity index (χ3v) is 6.04. The van der Waals surface area contributed by atoms with Crippen molar-refractivity contribution in [2.75, 3.05) is 32.7 Å². The summed E-state index contributed by atoms with van der Waals surface area (Å²) in [5.41, 5.74) is 0.990. The summed E-state index contributed by atoms with van der Waals surface area (Å²) in [7, 11) is 3.11. The van der Waals surface area contributed by atoms with Gasteiger partial charge in [-0.15, -0.1) is 11.3 Å². The van der Waals surface area contributed by atoms with Crippen molar-refractivity contribution in [3.05, 3.63) is 40.3 Å². The normalized spacial score (nSPS) is 11.0. The summed E-state index contributed by atoms with van der Waals surface area (Å²) in [5.74, 6) is 0.134. The summed E-state index contributed by atoms with van der Waals surface area (Å²) >= 11 is 1.13. The largest absolute Gasteiger partial charge is 0.493 e. The minimum atomic E-state index is -0.593. The molecule has 1 N–H and O–H groups in total. The lowest BCUT2D eigenvalue weighted by molar-refractivity contribution is -0.135. The van der Waals surface area contributed by atoms with Gasteiger partial charge in [-0.25, -0.2) is 4.79 Å². The number of hydrogen-bond acceptors (Lipinski definition) is 7. The number of ether oxygens (including phenoxy) is 3. The topological polar surface area (TPSA) is 94.2 Å². The number of anilines is 1. The second kappa shape index (κ2) is 11.2. The van der Waals surface area contributed by atoms with E-state index in [1.54, 1.807) is 38.2 Å². The van der Waals surface area contributed by atoms with Gasteiger partial charge in [0.1, 0.15) is 4.88 Å². The van der Waals surface area contributed by atoms with Crippen molar-refractivity contribution < 1.29 is 28.6 Å². The molecule has 1 aromatic carbocycles. The van der Waals surface area contributed by atoms with Crippen LogP contribution in [-0.4, -0.2) is 50.1 Å². The number of esters is 1. The predicted molar refractivity (Wildman–Crippen MR) is 128 cm³/mol. The first-order chi connectivity index (χ1) is 15.5. The number of thiophene rings is 1. The van der Waals surface area contributed by atoms with Crippen molar-refractivity contribution in [2.45, 2.75) is 41.2 Å². The molecule has 0 aliphatic carbocycles. The number of amides is 2. The highest BCUT2D eigenvalue weighted by Gasteiger charge is 2.24. The summed E-state index contributed by atoms with van der Waals surface area (Å²) in [6, 6.07) is 7.17. The third kappa shape index (κ3) is 6.95. The van der Waals surface area contributed by atoms with Gasteiger partial charge in [0, 0.05) is 18.5 Å². The lowest BCUT2D eigenvalue weighted by atomic mass is 9.96. The smallest absolute Gasteiger partial charge is 0.349 e. The Morgan fingerprint density at radius 3 is 2.30 bits per heavy atom. The van der Waals surface area contributed by atoms with Crippen molar-refractivity contribution >= 4 is 34.1 Å². The van der Waals surface area contributed by atoms with E-state index in [-0.39, 0.29) is 18.4 Å². The van der Waals surface area contributed by atoms with E-state index in [1.165, 1.54) is 0 Å². The monoisotopic (exact) mass is 476 g/mol. The standard InChI is InChI=1S/C24H32N2O6S/c1-8-26(13-16-9-10-17(30-6)18(12-16)31-7)20(27)14-32-22(28)21-15(2)11-19(33-21)25-23(29)24(3,4)5/h9-12H,8,13-14H2,1-7H3,(H,25,29). The lowest BCUT2D eigenvalue weighted by Gasteiger charge is -2.21. The highest BCUT2D eigenvalue weighted by molar-refractivity contribution is 7.18. The number of carbonyl (C=O) groups excluding carboxylic acids is 3. The van der Waals surface area contributed by atoms with Crippen LogP contribution < -0.4 is 14.8 Å². The van der Waals surface area contributed by atoms with E-state index in [9.17, 15) is 14.4 Å².